The molecule has 1 aromatic rings. The van der Waals surface area contributed by atoms with Crippen LogP contribution in [0.15, 0.2) is 36.9 Å². The highest BCUT2D eigenvalue weighted by Crippen LogP contribution is 2.21. The lowest BCUT2D eigenvalue weighted by atomic mass is 9.98. The summed E-state index contributed by atoms with van der Waals surface area (Å²) in [5.74, 6) is 0.265. The Bertz CT molecular complexity index is 265. The van der Waals surface area contributed by atoms with Gasteiger partial charge in [0.05, 0.1) is 0 Å². The molecule has 0 aliphatic rings. The largest absolute Gasteiger partial charge is 0.103 e. The lowest BCUT2D eigenvalue weighted by molar-refractivity contribution is 0.862. The third kappa shape index (κ3) is 2.38. The van der Waals surface area contributed by atoms with Crippen LogP contribution in [0.2, 0.25) is 5.02 Å². The second kappa shape index (κ2) is 4.32. The molecule has 0 aromatic heterocycles. The van der Waals surface area contributed by atoms with E-state index in [1.54, 1.807) is 0 Å². The van der Waals surface area contributed by atoms with Crippen molar-refractivity contribution in [2.45, 2.75) is 12.3 Å². The molecule has 1 unspecified atom stereocenters. The molecule has 0 bridgehead atoms. The average molecular weight is 180 g/mol. The molecule has 0 aliphatic heterocycles. The molecule has 1 rings (SSSR count). The van der Waals surface area contributed by atoms with E-state index in [1.165, 1.54) is 5.56 Å². The fourth-order valence-corrected chi connectivity index (χ4v) is 1.30. The topological polar surface area (TPSA) is 0 Å². The first kappa shape index (κ1) is 9.34. The van der Waals surface area contributed by atoms with Gasteiger partial charge in [-0.2, -0.15) is 0 Å². The van der Waals surface area contributed by atoms with Crippen LogP contribution in [0, 0.1) is 6.92 Å². The second-order valence-corrected chi connectivity index (χ2v) is 3.21. The number of benzene rings is 1. The van der Waals surface area contributed by atoms with Crippen LogP contribution >= 0.6 is 11.6 Å². The van der Waals surface area contributed by atoms with Crippen LogP contribution in [0.25, 0.3) is 0 Å². The van der Waals surface area contributed by atoms with Crippen molar-refractivity contribution < 1.29 is 0 Å². The molecule has 0 aliphatic carbocycles. The van der Waals surface area contributed by atoms with Crippen LogP contribution in [0.4, 0.5) is 0 Å². The van der Waals surface area contributed by atoms with Crippen LogP contribution in [0.3, 0.4) is 0 Å². The minimum atomic E-state index is 0.265. The lowest BCUT2D eigenvalue weighted by Gasteiger charge is -2.08. The van der Waals surface area contributed by atoms with Crippen molar-refractivity contribution >= 4 is 11.6 Å². The Morgan fingerprint density at radius 2 is 2.25 bits per heavy atom. The predicted octanol–water partition coefficient (Wildman–Crippen LogP) is 3.83. The van der Waals surface area contributed by atoms with Crippen molar-refractivity contribution in [2.24, 2.45) is 0 Å². The summed E-state index contributed by atoms with van der Waals surface area (Å²) in [6.07, 6.45) is 2.76. The van der Waals surface area contributed by atoms with Crippen LogP contribution in [0.1, 0.15) is 17.9 Å². The minimum absolute atomic E-state index is 0.265. The second-order valence-electron chi connectivity index (χ2n) is 2.78. The summed E-state index contributed by atoms with van der Waals surface area (Å²) in [4.78, 5) is 0. The first-order chi connectivity index (χ1) is 5.74. The Labute approximate surface area is 78.9 Å². The third-order valence-corrected chi connectivity index (χ3v) is 2.01. The molecule has 0 saturated carbocycles. The summed E-state index contributed by atoms with van der Waals surface area (Å²) >= 11 is 5.84. The molecule has 0 N–H and O–H groups in total. The normalized spacial score (nSPS) is 12.5. The molecule has 63 valence electrons. The molecule has 0 amide bonds. The van der Waals surface area contributed by atoms with E-state index in [4.69, 9.17) is 11.6 Å². The molecule has 0 nitrogen and oxygen atoms in total. The van der Waals surface area contributed by atoms with Crippen LogP contribution in [-0.2, 0) is 0 Å². The highest BCUT2D eigenvalue weighted by atomic mass is 35.5. The van der Waals surface area contributed by atoms with Crippen molar-refractivity contribution in [2.75, 3.05) is 0 Å². The smallest absolute Gasteiger partial charge is 0.0408 e. The van der Waals surface area contributed by atoms with Crippen LogP contribution in [-0.4, -0.2) is 0 Å². The van der Waals surface area contributed by atoms with E-state index in [0.29, 0.717) is 0 Å². The molecule has 0 saturated heterocycles. The van der Waals surface area contributed by atoms with Gasteiger partial charge in [-0.25, -0.2) is 0 Å². The Morgan fingerprint density at radius 3 is 2.83 bits per heavy atom. The van der Waals surface area contributed by atoms with Crippen LogP contribution < -0.4 is 0 Å². The van der Waals surface area contributed by atoms with Gasteiger partial charge in [0, 0.05) is 5.02 Å². The van der Waals surface area contributed by atoms with Gasteiger partial charge in [0.2, 0.25) is 0 Å². The van der Waals surface area contributed by atoms with Crippen molar-refractivity contribution in [3.05, 3.63) is 54.4 Å². The van der Waals surface area contributed by atoms with Gasteiger partial charge in [-0.1, -0.05) is 29.8 Å². The molecule has 1 atom stereocenters. The van der Waals surface area contributed by atoms with Gasteiger partial charge in [-0.05, 0) is 37.0 Å². The predicted molar refractivity (Wildman–Crippen MR) is 54.4 cm³/mol. The molecular weight excluding hydrogens is 168 g/mol. The first-order valence-electron chi connectivity index (χ1n) is 3.93. The monoisotopic (exact) mass is 179 g/mol. The quantitative estimate of drug-likeness (QED) is 0.619. The van der Waals surface area contributed by atoms with Crippen molar-refractivity contribution in [3.8, 4) is 0 Å². The van der Waals surface area contributed by atoms with Gasteiger partial charge in [-0.15, -0.1) is 6.58 Å². The van der Waals surface area contributed by atoms with E-state index in [9.17, 15) is 0 Å². The van der Waals surface area contributed by atoms with E-state index in [-0.39, 0.29) is 5.92 Å². The highest BCUT2D eigenvalue weighted by Gasteiger charge is 2.02. The average Bonchev–Trinajstić information content (AvgIpc) is 2.05. The lowest BCUT2D eigenvalue weighted by Crippen LogP contribution is -1.90. The fourth-order valence-electron chi connectivity index (χ4n) is 1.10. The Morgan fingerprint density at radius 1 is 1.50 bits per heavy atom. The van der Waals surface area contributed by atoms with Crippen molar-refractivity contribution in [3.63, 3.8) is 0 Å². The first-order valence-corrected chi connectivity index (χ1v) is 4.31. The third-order valence-electron chi connectivity index (χ3n) is 1.77. The van der Waals surface area contributed by atoms with E-state index in [0.717, 1.165) is 11.4 Å². The SMILES string of the molecule is [CH2]C(CC=C)c1cccc(Cl)c1. The molecular formula is C11H12Cl. The Kier molecular flexibility index (Phi) is 3.36. The summed E-state index contributed by atoms with van der Waals surface area (Å²) in [6.45, 7) is 7.68. The summed E-state index contributed by atoms with van der Waals surface area (Å²) in [5.41, 5.74) is 1.17. The van der Waals surface area contributed by atoms with Crippen molar-refractivity contribution in [1.82, 2.24) is 0 Å². The van der Waals surface area contributed by atoms with Gasteiger partial charge in [0.1, 0.15) is 0 Å². The molecule has 12 heavy (non-hydrogen) atoms. The van der Waals surface area contributed by atoms with E-state index in [1.807, 2.05) is 30.3 Å². The summed E-state index contributed by atoms with van der Waals surface area (Å²) in [6, 6.07) is 7.79. The molecule has 0 heterocycles. The van der Waals surface area contributed by atoms with E-state index >= 15 is 0 Å². The molecule has 1 aromatic carbocycles. The maximum absolute atomic E-state index is 5.84. The Hall–Kier alpha value is -0.750. The summed E-state index contributed by atoms with van der Waals surface area (Å²) in [7, 11) is 0. The fraction of sp³-hybridized carbons (Fsp3) is 0.182. The zero-order valence-corrected chi connectivity index (χ0v) is 7.72. The zero-order chi connectivity index (χ0) is 8.97. The molecule has 0 fully saturated rings. The van der Waals surface area contributed by atoms with Gasteiger partial charge in [0.25, 0.3) is 0 Å². The van der Waals surface area contributed by atoms with Crippen LogP contribution in [0.5, 0.6) is 0 Å². The van der Waals surface area contributed by atoms with Gasteiger partial charge >= 0.3 is 0 Å². The number of allylic oxidation sites excluding steroid dienone is 1. The van der Waals surface area contributed by atoms with Gasteiger partial charge in [-0.3, -0.25) is 0 Å². The molecule has 0 spiro atoms. The minimum Gasteiger partial charge on any atom is -0.103 e. The number of hydrogen-bond acceptors (Lipinski definition) is 0. The number of rotatable bonds is 3. The highest BCUT2D eigenvalue weighted by molar-refractivity contribution is 6.30. The maximum atomic E-state index is 5.84. The maximum Gasteiger partial charge on any atom is 0.0408 e. The number of halogens is 1. The van der Waals surface area contributed by atoms with E-state index in [2.05, 4.69) is 13.5 Å². The standard InChI is InChI=1S/C11H12Cl/c1-3-5-9(2)10-6-4-7-11(12)8-10/h3-4,6-9H,1-2,5H2. The summed E-state index contributed by atoms with van der Waals surface area (Å²) < 4.78 is 0. The Balaban J connectivity index is 2.80. The molecule has 1 radical (unpaired) electrons. The van der Waals surface area contributed by atoms with E-state index < -0.39 is 0 Å². The van der Waals surface area contributed by atoms with Gasteiger partial charge in [0.15, 0.2) is 0 Å². The van der Waals surface area contributed by atoms with Crippen molar-refractivity contribution in [1.29, 1.82) is 0 Å². The zero-order valence-electron chi connectivity index (χ0n) is 6.96. The summed E-state index contributed by atoms with van der Waals surface area (Å²) in [5, 5.41) is 0.769. The van der Waals surface area contributed by atoms with Gasteiger partial charge < -0.3 is 0 Å². The molecule has 1 heteroatoms. The number of hydrogen-bond donors (Lipinski definition) is 0.